The maximum atomic E-state index is 11.4. The van der Waals surface area contributed by atoms with Crippen molar-refractivity contribution in [2.24, 2.45) is 0 Å². The van der Waals surface area contributed by atoms with E-state index in [1.807, 2.05) is 0 Å². The number of rotatable bonds is 24. The van der Waals surface area contributed by atoms with Crippen molar-refractivity contribution in [2.75, 3.05) is 19.6 Å². The van der Waals surface area contributed by atoms with Gasteiger partial charge in [0.1, 0.15) is 0 Å². The number of quaternary nitrogens is 1. The Labute approximate surface area is 191 Å². The first-order valence-electron chi connectivity index (χ1n) is 14.2. The van der Waals surface area contributed by atoms with Crippen molar-refractivity contribution in [3.05, 3.63) is 0 Å². The predicted molar refractivity (Wildman–Crippen MR) is 136 cm³/mol. The lowest BCUT2D eigenvalue weighted by Crippen LogP contribution is -2.57. The summed E-state index contributed by atoms with van der Waals surface area (Å²) in [4.78, 5) is 0. The first kappa shape index (κ1) is 29.9. The van der Waals surface area contributed by atoms with E-state index in [1.54, 1.807) is 0 Å². The summed E-state index contributed by atoms with van der Waals surface area (Å²) in [6.45, 7) is 12.8. The molecule has 0 rings (SSSR count). The lowest BCUT2D eigenvalue weighted by atomic mass is 10.0. The Balaban J connectivity index is 4.94. The highest BCUT2D eigenvalue weighted by Crippen LogP contribution is 2.24. The molecular weight excluding hydrogens is 366 g/mol. The summed E-state index contributed by atoms with van der Waals surface area (Å²) in [5.41, 5.74) is 0. The Bertz CT molecular complexity index is 295. The summed E-state index contributed by atoms with van der Waals surface area (Å²) in [5.74, 6) is 0. The fourth-order valence-electron chi connectivity index (χ4n) is 4.90. The van der Waals surface area contributed by atoms with Gasteiger partial charge in [-0.15, -0.1) is 0 Å². The van der Waals surface area contributed by atoms with Gasteiger partial charge in [0.05, 0.1) is 19.6 Å². The molecule has 0 aromatic carbocycles. The van der Waals surface area contributed by atoms with Gasteiger partial charge < -0.3 is 5.11 Å². The van der Waals surface area contributed by atoms with Crippen LogP contribution in [-0.2, 0) is 0 Å². The number of hydrogen-bond acceptors (Lipinski definition) is 1. The molecule has 0 bridgehead atoms. The number of hydrogen-bond donors (Lipinski definition) is 1. The Morgan fingerprint density at radius 1 is 0.433 bits per heavy atom. The van der Waals surface area contributed by atoms with E-state index < -0.39 is 0 Å². The molecule has 1 atom stereocenters. The van der Waals surface area contributed by atoms with E-state index in [0.29, 0.717) is 0 Å². The van der Waals surface area contributed by atoms with Crippen LogP contribution in [0.1, 0.15) is 156 Å². The monoisotopic (exact) mass is 426 g/mol. The molecule has 0 radical (unpaired) electrons. The molecule has 0 fully saturated rings. The zero-order chi connectivity index (χ0) is 22.3. The Kier molecular flexibility index (Phi) is 22.1. The van der Waals surface area contributed by atoms with Crippen LogP contribution in [0.2, 0.25) is 0 Å². The van der Waals surface area contributed by atoms with Crippen LogP contribution in [0.25, 0.3) is 0 Å². The van der Waals surface area contributed by atoms with Crippen molar-refractivity contribution in [3.8, 4) is 0 Å². The summed E-state index contributed by atoms with van der Waals surface area (Å²) < 4.78 is 1.01. The minimum atomic E-state index is -0.134. The SMILES string of the molecule is CCCCCCC[N+](CCCCCCC)(CCCCCCC)C(O)CCCCCC. The highest BCUT2D eigenvalue weighted by molar-refractivity contribution is 4.57. The van der Waals surface area contributed by atoms with Crippen molar-refractivity contribution in [3.63, 3.8) is 0 Å². The number of unbranched alkanes of at least 4 members (excludes halogenated alkanes) is 15. The average molecular weight is 427 g/mol. The summed E-state index contributed by atoms with van der Waals surface area (Å²) in [7, 11) is 0. The maximum Gasteiger partial charge on any atom is 0.190 e. The predicted octanol–water partition coefficient (Wildman–Crippen LogP) is 9.00. The molecule has 0 aromatic heterocycles. The Morgan fingerprint density at radius 2 is 0.733 bits per heavy atom. The molecule has 0 saturated heterocycles. The highest BCUT2D eigenvalue weighted by atomic mass is 16.3. The lowest BCUT2D eigenvalue weighted by molar-refractivity contribution is -0.972. The third-order valence-corrected chi connectivity index (χ3v) is 7.07. The molecule has 2 heteroatoms. The molecule has 0 aromatic rings. The molecule has 0 heterocycles. The van der Waals surface area contributed by atoms with Crippen molar-refractivity contribution in [2.45, 2.75) is 162 Å². The van der Waals surface area contributed by atoms with E-state index in [9.17, 15) is 5.11 Å². The van der Waals surface area contributed by atoms with Gasteiger partial charge in [-0.3, -0.25) is 4.48 Å². The van der Waals surface area contributed by atoms with Gasteiger partial charge >= 0.3 is 0 Å². The molecule has 182 valence electrons. The van der Waals surface area contributed by atoms with Gasteiger partial charge in [0.25, 0.3) is 0 Å². The zero-order valence-corrected chi connectivity index (χ0v) is 21.7. The molecule has 0 aliphatic rings. The second-order valence-corrected chi connectivity index (χ2v) is 9.96. The lowest BCUT2D eigenvalue weighted by Gasteiger charge is -2.43. The molecule has 1 unspecified atom stereocenters. The molecule has 0 aliphatic carbocycles. The van der Waals surface area contributed by atoms with Crippen LogP contribution >= 0.6 is 0 Å². The van der Waals surface area contributed by atoms with Crippen LogP contribution in [0.5, 0.6) is 0 Å². The third kappa shape index (κ3) is 15.7. The van der Waals surface area contributed by atoms with Crippen LogP contribution in [0.15, 0.2) is 0 Å². The zero-order valence-electron chi connectivity index (χ0n) is 21.7. The molecule has 0 spiro atoms. The number of aliphatic hydroxyl groups is 1. The van der Waals surface area contributed by atoms with E-state index in [-0.39, 0.29) is 6.23 Å². The minimum absolute atomic E-state index is 0.134. The molecule has 0 saturated carbocycles. The molecule has 2 nitrogen and oxygen atoms in total. The summed E-state index contributed by atoms with van der Waals surface area (Å²) in [6, 6.07) is 0. The summed E-state index contributed by atoms with van der Waals surface area (Å²) >= 11 is 0. The normalized spacial score (nSPS) is 13.1. The number of nitrogens with zero attached hydrogens (tertiary/aromatic N) is 1. The van der Waals surface area contributed by atoms with E-state index >= 15 is 0 Å². The van der Waals surface area contributed by atoms with Gasteiger partial charge in [-0.25, -0.2) is 0 Å². The van der Waals surface area contributed by atoms with Gasteiger partial charge in [-0.2, -0.15) is 0 Å². The Morgan fingerprint density at radius 3 is 1.07 bits per heavy atom. The smallest absolute Gasteiger partial charge is 0.190 e. The van der Waals surface area contributed by atoms with Crippen molar-refractivity contribution in [1.29, 1.82) is 0 Å². The first-order chi connectivity index (χ1) is 14.7. The summed E-state index contributed by atoms with van der Waals surface area (Å²) in [5, 5.41) is 11.4. The quantitative estimate of drug-likeness (QED) is 0.0927. The average Bonchev–Trinajstić information content (AvgIpc) is 2.75. The van der Waals surface area contributed by atoms with Gasteiger partial charge in [0.15, 0.2) is 6.23 Å². The van der Waals surface area contributed by atoms with Crippen molar-refractivity contribution >= 4 is 0 Å². The standard InChI is InChI=1S/C28H60NO/c1-5-9-13-17-21-25-29(26-22-18-14-10-6-2,27-23-19-15-11-7-3)28(30)24-20-16-12-8-4/h28,30H,5-27H2,1-4H3/q+1. The molecule has 0 aliphatic heterocycles. The number of aliphatic hydroxyl groups excluding tert-OH is 1. The second kappa shape index (κ2) is 22.1. The molecule has 30 heavy (non-hydrogen) atoms. The third-order valence-electron chi connectivity index (χ3n) is 7.07. The van der Waals surface area contributed by atoms with Gasteiger partial charge in [-0.1, -0.05) is 105 Å². The molecule has 1 N–H and O–H groups in total. The first-order valence-corrected chi connectivity index (χ1v) is 14.2. The van der Waals surface area contributed by atoms with Crippen LogP contribution in [-0.4, -0.2) is 35.5 Å². The van der Waals surface area contributed by atoms with E-state index in [1.165, 1.54) is 142 Å². The van der Waals surface area contributed by atoms with Crippen LogP contribution in [0, 0.1) is 0 Å². The topological polar surface area (TPSA) is 20.2 Å². The summed E-state index contributed by atoms with van der Waals surface area (Å²) in [6.07, 6.45) is 26.1. The van der Waals surface area contributed by atoms with Crippen LogP contribution in [0.3, 0.4) is 0 Å². The molecule has 0 amide bonds. The van der Waals surface area contributed by atoms with Crippen LogP contribution in [0.4, 0.5) is 0 Å². The fraction of sp³-hybridized carbons (Fsp3) is 1.00. The highest BCUT2D eigenvalue weighted by Gasteiger charge is 2.34. The van der Waals surface area contributed by atoms with E-state index in [4.69, 9.17) is 0 Å². The minimum Gasteiger partial charge on any atom is -0.345 e. The van der Waals surface area contributed by atoms with Gasteiger partial charge in [0.2, 0.25) is 0 Å². The van der Waals surface area contributed by atoms with E-state index in [2.05, 4.69) is 27.7 Å². The largest absolute Gasteiger partial charge is 0.345 e. The fourth-order valence-corrected chi connectivity index (χ4v) is 4.90. The van der Waals surface area contributed by atoms with Crippen molar-refractivity contribution in [1.82, 2.24) is 0 Å². The Hall–Kier alpha value is -0.0800. The molecular formula is C28H60NO+. The van der Waals surface area contributed by atoms with E-state index in [0.717, 1.165) is 10.9 Å². The van der Waals surface area contributed by atoms with Crippen molar-refractivity contribution < 1.29 is 9.59 Å². The van der Waals surface area contributed by atoms with Crippen LogP contribution < -0.4 is 0 Å². The van der Waals surface area contributed by atoms with Gasteiger partial charge in [-0.05, 0) is 44.9 Å². The second-order valence-electron chi connectivity index (χ2n) is 9.96. The maximum absolute atomic E-state index is 11.4. The van der Waals surface area contributed by atoms with Gasteiger partial charge in [0, 0.05) is 6.42 Å².